The third-order valence-corrected chi connectivity index (χ3v) is 4.85. The van der Waals surface area contributed by atoms with Gasteiger partial charge in [0, 0.05) is 12.8 Å². The van der Waals surface area contributed by atoms with E-state index in [1.165, 1.54) is 0 Å². The van der Waals surface area contributed by atoms with E-state index in [9.17, 15) is 28.8 Å². The van der Waals surface area contributed by atoms with Crippen molar-refractivity contribution in [2.75, 3.05) is 0 Å². The van der Waals surface area contributed by atoms with E-state index < -0.39 is 35.7 Å². The summed E-state index contributed by atoms with van der Waals surface area (Å²) in [6.07, 6.45) is 0.990. The van der Waals surface area contributed by atoms with Crippen molar-refractivity contribution >= 4 is 35.4 Å². The molecule has 12 heteroatoms. The van der Waals surface area contributed by atoms with Crippen LogP contribution in [-0.4, -0.2) is 47.5 Å². The molecular weight excluding hydrogens is 904 g/mol. The number of nitrogens with one attached hydrogen (secondary N) is 2. The molecule has 2 heterocycles. The first-order chi connectivity index (χ1) is 20.3. The molecule has 6 amide bonds. The van der Waals surface area contributed by atoms with Crippen molar-refractivity contribution in [3.63, 3.8) is 0 Å². The van der Waals surface area contributed by atoms with Crippen molar-refractivity contribution in [1.29, 1.82) is 0 Å². The van der Waals surface area contributed by atoms with E-state index in [0.717, 1.165) is 0 Å². The van der Waals surface area contributed by atoms with E-state index in [1.807, 2.05) is 55.4 Å². The molecule has 2 fully saturated rings. The zero-order chi connectivity index (χ0) is 32.5. The maximum absolute atomic E-state index is 11.7. The van der Waals surface area contributed by atoms with Crippen molar-refractivity contribution in [3.05, 3.63) is 82.4 Å². The monoisotopic (exact) mass is 948 g/mol. The van der Waals surface area contributed by atoms with Crippen LogP contribution in [0, 0.1) is 12.1 Å². The van der Waals surface area contributed by atoms with Crippen LogP contribution in [0.5, 0.6) is 0 Å². The first-order valence-electron chi connectivity index (χ1n) is 14.4. The first-order valence-corrected chi connectivity index (χ1v) is 14.4. The standard InChI is InChI=1S/2C12H11N2O3.4C2H6.2W/c2*15-10-7-6-9(12(17)14-10)13-11(16)8-4-2-1-3-5-8;4*1-2;;/h2*1-4,9H,6-7H2,(H2,13,14,15,16,17);4*1-2H3;;/q2*-1;;;;;2*+2/p-2/t2*9-;;;;;;/m10....../s1. The van der Waals surface area contributed by atoms with Crippen LogP contribution in [0.4, 0.5) is 0 Å². The van der Waals surface area contributed by atoms with Crippen molar-refractivity contribution in [2.24, 2.45) is 0 Å². The molecule has 0 saturated carbocycles. The maximum atomic E-state index is 11.7. The fraction of sp³-hybridized carbons (Fsp3) is 0.438. The number of amides is 6. The molecule has 2 aliphatic heterocycles. The smallest absolute Gasteiger partial charge is 0.684 e. The summed E-state index contributed by atoms with van der Waals surface area (Å²) in [5.74, 6) is -2.63. The molecule has 0 unspecified atom stereocenters. The molecule has 2 aromatic carbocycles. The van der Waals surface area contributed by atoms with Gasteiger partial charge in [-0.1, -0.05) is 55.4 Å². The molecule has 2 aromatic rings. The maximum Gasteiger partial charge on any atom is 2.00 e. The van der Waals surface area contributed by atoms with Gasteiger partial charge in [0.2, 0.25) is 23.6 Å². The van der Waals surface area contributed by atoms with E-state index in [-0.39, 0.29) is 79.6 Å². The SMILES string of the molecule is CC.CC.CC.CC.O=C1CC[C@@H]([N-]C(=O)c2[c-]cccc2)C(=O)N1.O=C1CC[C@H]([N-]C(=O)c2[c-]cccc2)C(=O)N1.[W+2].[W+2]. The van der Waals surface area contributed by atoms with Crippen LogP contribution < -0.4 is 10.6 Å². The topological polar surface area (TPSA) is 155 Å². The normalized spacial score (nSPS) is 15.7. The summed E-state index contributed by atoms with van der Waals surface area (Å²) in [6, 6.07) is 17.2. The second-order valence-corrected chi connectivity index (χ2v) is 7.35. The van der Waals surface area contributed by atoms with Crippen LogP contribution in [0.1, 0.15) is 102 Å². The summed E-state index contributed by atoms with van der Waals surface area (Å²) >= 11 is 0. The molecule has 240 valence electrons. The third-order valence-electron chi connectivity index (χ3n) is 4.85. The van der Waals surface area contributed by atoms with E-state index >= 15 is 0 Å². The van der Waals surface area contributed by atoms with Crippen LogP contribution in [0.25, 0.3) is 10.6 Å². The Balaban J connectivity index is -0.000000286. The zero-order valence-electron chi connectivity index (χ0n) is 26.8. The average Bonchev–Trinajstić information content (AvgIpc) is 3.05. The average molecular weight is 948 g/mol. The summed E-state index contributed by atoms with van der Waals surface area (Å²) in [5.41, 5.74) is 0.634. The number of rotatable bonds is 4. The number of hydrogen-bond acceptors (Lipinski definition) is 6. The summed E-state index contributed by atoms with van der Waals surface area (Å²) in [4.78, 5) is 67.9. The van der Waals surface area contributed by atoms with E-state index in [2.05, 4.69) is 33.4 Å². The van der Waals surface area contributed by atoms with Gasteiger partial charge >= 0.3 is 42.1 Å². The van der Waals surface area contributed by atoms with Gasteiger partial charge in [-0.25, -0.2) is 0 Å². The van der Waals surface area contributed by atoms with Crippen LogP contribution >= 0.6 is 0 Å². The van der Waals surface area contributed by atoms with Gasteiger partial charge in [0.1, 0.15) is 0 Å². The quantitative estimate of drug-likeness (QED) is 0.296. The fourth-order valence-corrected chi connectivity index (χ4v) is 3.09. The molecule has 0 radical (unpaired) electrons. The third kappa shape index (κ3) is 18.6. The van der Waals surface area contributed by atoms with Gasteiger partial charge in [-0.15, -0.1) is 71.8 Å². The summed E-state index contributed by atoms with van der Waals surface area (Å²) in [5, 5.41) is 11.9. The number of benzene rings is 2. The van der Waals surface area contributed by atoms with Crippen LogP contribution in [0.3, 0.4) is 0 Å². The van der Waals surface area contributed by atoms with Gasteiger partial charge in [0.05, 0.1) is 0 Å². The second kappa shape index (κ2) is 30.1. The van der Waals surface area contributed by atoms with Crippen molar-refractivity contribution in [2.45, 2.75) is 93.2 Å². The predicted molar refractivity (Wildman–Crippen MR) is 164 cm³/mol. The molecular formula is C32H44N4O6W2. The van der Waals surface area contributed by atoms with Gasteiger partial charge in [-0.05, 0) is 36.7 Å². The molecule has 0 bridgehead atoms. The molecule has 0 aromatic heterocycles. The van der Waals surface area contributed by atoms with Crippen molar-refractivity contribution < 1.29 is 70.9 Å². The largest absolute Gasteiger partial charge is 2.00 e. The molecule has 2 aliphatic rings. The Kier molecular flexibility index (Phi) is 32.8. The Hall–Kier alpha value is -2.96. The van der Waals surface area contributed by atoms with Gasteiger partial charge in [0.15, 0.2) is 0 Å². The van der Waals surface area contributed by atoms with Crippen molar-refractivity contribution in [1.82, 2.24) is 10.6 Å². The minimum Gasteiger partial charge on any atom is -0.684 e. The summed E-state index contributed by atoms with van der Waals surface area (Å²) in [6.45, 7) is 16.0. The number of hydrogen-bond donors (Lipinski definition) is 2. The Morgan fingerprint density at radius 1 is 0.614 bits per heavy atom. The molecule has 0 aliphatic carbocycles. The van der Waals surface area contributed by atoms with Crippen LogP contribution in [0.15, 0.2) is 48.5 Å². The molecule has 4 rings (SSSR count). The van der Waals surface area contributed by atoms with E-state index in [0.29, 0.717) is 11.1 Å². The number of nitrogens with zero attached hydrogens (tertiary/aromatic N) is 2. The van der Waals surface area contributed by atoms with E-state index in [1.54, 1.807) is 48.5 Å². The van der Waals surface area contributed by atoms with Crippen molar-refractivity contribution in [3.8, 4) is 0 Å². The van der Waals surface area contributed by atoms with Gasteiger partial charge < -0.3 is 20.2 Å². The van der Waals surface area contributed by atoms with E-state index in [4.69, 9.17) is 0 Å². The molecule has 2 saturated heterocycles. The summed E-state index contributed by atoms with van der Waals surface area (Å²) < 4.78 is 0. The Bertz CT molecular complexity index is 1010. The number of piperidine rings is 2. The molecule has 2 N–H and O–H groups in total. The van der Waals surface area contributed by atoms with Gasteiger partial charge in [-0.3, -0.25) is 29.8 Å². The summed E-state index contributed by atoms with van der Waals surface area (Å²) in [7, 11) is 0. The molecule has 44 heavy (non-hydrogen) atoms. The minimum absolute atomic E-state index is 0. The number of carbonyl (C=O) groups excluding carboxylic acids is 6. The molecule has 0 spiro atoms. The number of carbonyl (C=O) groups is 6. The Labute approximate surface area is 291 Å². The van der Waals surface area contributed by atoms with Gasteiger partial charge in [-0.2, -0.15) is 0 Å². The Morgan fingerprint density at radius 2 is 0.932 bits per heavy atom. The second-order valence-electron chi connectivity index (χ2n) is 7.35. The zero-order valence-corrected chi connectivity index (χ0v) is 32.6. The first kappa shape index (κ1) is 48.0. The van der Waals surface area contributed by atoms with Crippen LogP contribution in [0.2, 0.25) is 0 Å². The fourth-order valence-electron chi connectivity index (χ4n) is 3.09. The van der Waals surface area contributed by atoms with Crippen LogP contribution in [-0.2, 0) is 61.3 Å². The Morgan fingerprint density at radius 3 is 1.18 bits per heavy atom. The van der Waals surface area contributed by atoms with Gasteiger partial charge in [0.25, 0.3) is 0 Å². The number of imide groups is 2. The molecule has 10 nitrogen and oxygen atoms in total. The molecule has 2 atom stereocenters. The predicted octanol–water partition coefficient (Wildman–Crippen LogP) is 5.71. The minimum atomic E-state index is -0.770.